The Labute approximate surface area is 144 Å². The number of para-hydroxylation sites is 1. The van der Waals surface area contributed by atoms with E-state index in [2.05, 4.69) is 4.98 Å². The van der Waals surface area contributed by atoms with Crippen molar-refractivity contribution < 1.29 is 17.5 Å². The first-order valence-electron chi connectivity index (χ1n) is 7.71. The minimum absolute atomic E-state index is 0.0582. The molecule has 1 amide bonds. The van der Waals surface area contributed by atoms with Gasteiger partial charge in [-0.3, -0.25) is 9.78 Å². The van der Waals surface area contributed by atoms with Gasteiger partial charge in [0, 0.05) is 11.6 Å². The van der Waals surface area contributed by atoms with Gasteiger partial charge in [0.2, 0.25) is 5.91 Å². The minimum atomic E-state index is -4.18. The maximum absolute atomic E-state index is 12.7. The molecular formula is C18H14N2O4S. The summed E-state index contributed by atoms with van der Waals surface area (Å²) in [4.78, 5) is 16.0. The molecule has 1 fully saturated rings. The van der Waals surface area contributed by atoms with Crippen LogP contribution in [0.2, 0.25) is 0 Å². The summed E-state index contributed by atoms with van der Waals surface area (Å²) in [6.45, 7) is 0. The standard InChI is InChI=1S/C18H14N2O4S/c21-17-12-15(13-6-2-1-3-7-13)20(17)24-25(22,23)16-10-4-8-14-9-5-11-19-18(14)16/h1-11,15H,12H2. The van der Waals surface area contributed by atoms with Crippen LogP contribution in [0.25, 0.3) is 10.9 Å². The lowest BCUT2D eigenvalue weighted by Crippen LogP contribution is -2.47. The van der Waals surface area contributed by atoms with Crippen molar-refractivity contribution >= 4 is 26.9 Å². The third-order valence-corrected chi connectivity index (χ3v) is 5.35. The molecule has 2 heterocycles. The Hall–Kier alpha value is -2.77. The number of nitrogens with zero attached hydrogens (tertiary/aromatic N) is 2. The zero-order valence-corrected chi connectivity index (χ0v) is 13.9. The number of hydrogen-bond donors (Lipinski definition) is 0. The third kappa shape index (κ3) is 2.77. The maximum Gasteiger partial charge on any atom is 0.320 e. The number of aromatic nitrogens is 1. The summed E-state index contributed by atoms with van der Waals surface area (Å²) in [7, 11) is -4.18. The van der Waals surface area contributed by atoms with E-state index < -0.39 is 16.2 Å². The Balaban J connectivity index is 1.68. The lowest BCUT2D eigenvalue weighted by molar-refractivity contribution is -0.189. The van der Waals surface area contributed by atoms with E-state index in [1.165, 1.54) is 12.3 Å². The number of pyridine rings is 1. The summed E-state index contributed by atoms with van der Waals surface area (Å²) in [6.07, 6.45) is 1.73. The quantitative estimate of drug-likeness (QED) is 0.674. The van der Waals surface area contributed by atoms with Crippen molar-refractivity contribution in [2.75, 3.05) is 0 Å². The van der Waals surface area contributed by atoms with Gasteiger partial charge in [0.15, 0.2) is 0 Å². The van der Waals surface area contributed by atoms with Crippen molar-refractivity contribution in [2.45, 2.75) is 17.4 Å². The van der Waals surface area contributed by atoms with Crippen LogP contribution in [0.15, 0.2) is 71.8 Å². The Morgan fingerprint density at radius 1 is 1.00 bits per heavy atom. The first-order chi connectivity index (χ1) is 12.1. The zero-order valence-electron chi connectivity index (χ0n) is 13.1. The van der Waals surface area contributed by atoms with Crippen LogP contribution in [0.4, 0.5) is 0 Å². The molecule has 0 saturated carbocycles. The maximum atomic E-state index is 12.7. The van der Waals surface area contributed by atoms with Crippen molar-refractivity contribution in [3.05, 3.63) is 72.4 Å². The first-order valence-corrected chi connectivity index (χ1v) is 9.12. The number of β-lactam (4-membered cyclic amide) rings is 1. The number of rotatable bonds is 4. The molecule has 0 bridgehead atoms. The fourth-order valence-corrected chi connectivity index (χ4v) is 3.98. The molecule has 2 aromatic carbocycles. The van der Waals surface area contributed by atoms with Crippen LogP contribution in [0.1, 0.15) is 18.0 Å². The van der Waals surface area contributed by atoms with Crippen molar-refractivity contribution in [3.63, 3.8) is 0 Å². The van der Waals surface area contributed by atoms with Crippen molar-refractivity contribution in [3.8, 4) is 0 Å². The second kappa shape index (κ2) is 5.94. The Kier molecular flexibility index (Phi) is 3.74. The third-order valence-electron chi connectivity index (χ3n) is 4.12. The molecular weight excluding hydrogens is 340 g/mol. The molecule has 1 atom stereocenters. The molecule has 1 aromatic heterocycles. The van der Waals surface area contributed by atoms with Crippen LogP contribution in [0.3, 0.4) is 0 Å². The van der Waals surface area contributed by atoms with Crippen LogP contribution >= 0.6 is 0 Å². The predicted octanol–water partition coefficient (Wildman–Crippen LogP) is 2.83. The van der Waals surface area contributed by atoms with E-state index in [9.17, 15) is 13.2 Å². The average molecular weight is 354 g/mol. The number of fused-ring (bicyclic) bond motifs is 1. The monoisotopic (exact) mass is 354 g/mol. The topological polar surface area (TPSA) is 76.6 Å². The van der Waals surface area contributed by atoms with Gasteiger partial charge in [0.05, 0.1) is 18.0 Å². The highest BCUT2D eigenvalue weighted by atomic mass is 32.2. The van der Waals surface area contributed by atoms with Crippen molar-refractivity contribution in [1.82, 2.24) is 10.0 Å². The highest BCUT2D eigenvalue weighted by Gasteiger charge is 2.42. The number of carbonyl (C=O) groups is 1. The largest absolute Gasteiger partial charge is 0.320 e. The number of carbonyl (C=O) groups excluding carboxylic acids is 1. The molecule has 0 radical (unpaired) electrons. The molecule has 3 aromatic rings. The van der Waals surface area contributed by atoms with Crippen LogP contribution < -0.4 is 0 Å². The summed E-state index contributed by atoms with van der Waals surface area (Å²) in [5, 5.41) is 1.61. The van der Waals surface area contributed by atoms with Crippen LogP contribution in [0.5, 0.6) is 0 Å². The molecule has 0 spiro atoms. The lowest BCUT2D eigenvalue weighted by Gasteiger charge is -2.37. The van der Waals surface area contributed by atoms with Gasteiger partial charge in [0.25, 0.3) is 0 Å². The van der Waals surface area contributed by atoms with E-state index in [1.54, 1.807) is 24.3 Å². The smallest absolute Gasteiger partial charge is 0.272 e. The number of amides is 1. The first kappa shape index (κ1) is 15.7. The van der Waals surface area contributed by atoms with Crippen molar-refractivity contribution in [2.24, 2.45) is 0 Å². The van der Waals surface area contributed by atoms with Gasteiger partial charge in [-0.05, 0) is 17.7 Å². The van der Waals surface area contributed by atoms with E-state index >= 15 is 0 Å². The molecule has 0 aliphatic carbocycles. The molecule has 6 nitrogen and oxygen atoms in total. The SMILES string of the molecule is O=C1CC(c2ccccc2)N1OS(=O)(=O)c1cccc2cccnc12. The van der Waals surface area contributed by atoms with Crippen molar-refractivity contribution in [1.29, 1.82) is 0 Å². The average Bonchev–Trinajstić information content (AvgIpc) is 2.64. The van der Waals surface area contributed by atoms with Gasteiger partial charge in [-0.2, -0.15) is 13.5 Å². The van der Waals surface area contributed by atoms with E-state index in [1.807, 2.05) is 30.3 Å². The summed E-state index contributed by atoms with van der Waals surface area (Å²) in [5.41, 5.74) is 1.14. The Morgan fingerprint density at radius 2 is 1.76 bits per heavy atom. The fourth-order valence-electron chi connectivity index (χ4n) is 2.85. The highest BCUT2D eigenvalue weighted by Crippen LogP contribution is 2.36. The van der Waals surface area contributed by atoms with Crippen LogP contribution in [-0.2, 0) is 19.2 Å². The molecule has 1 saturated heterocycles. The van der Waals surface area contributed by atoms with Crippen LogP contribution in [-0.4, -0.2) is 24.4 Å². The molecule has 126 valence electrons. The number of hydrogen-bond acceptors (Lipinski definition) is 5. The fraction of sp³-hybridized carbons (Fsp3) is 0.111. The highest BCUT2D eigenvalue weighted by molar-refractivity contribution is 7.87. The van der Waals surface area contributed by atoms with Crippen LogP contribution in [0, 0.1) is 0 Å². The summed E-state index contributed by atoms with van der Waals surface area (Å²) in [6, 6.07) is 17.1. The number of hydroxylamine groups is 2. The lowest BCUT2D eigenvalue weighted by atomic mass is 9.97. The summed E-state index contributed by atoms with van der Waals surface area (Å²) < 4.78 is 30.6. The summed E-state index contributed by atoms with van der Waals surface area (Å²) >= 11 is 0. The van der Waals surface area contributed by atoms with Gasteiger partial charge in [-0.1, -0.05) is 48.5 Å². The predicted molar refractivity (Wildman–Crippen MR) is 90.7 cm³/mol. The molecule has 0 N–H and O–H groups in total. The van der Waals surface area contributed by atoms with E-state index in [0.717, 1.165) is 10.6 Å². The van der Waals surface area contributed by atoms with E-state index in [-0.39, 0.29) is 17.2 Å². The van der Waals surface area contributed by atoms with E-state index in [0.29, 0.717) is 10.9 Å². The second-order valence-electron chi connectivity index (χ2n) is 5.71. The summed E-state index contributed by atoms with van der Waals surface area (Å²) in [5.74, 6) is -0.370. The number of benzene rings is 2. The normalized spacial score (nSPS) is 17.5. The molecule has 1 aliphatic rings. The molecule has 7 heteroatoms. The Morgan fingerprint density at radius 3 is 2.52 bits per heavy atom. The Bertz CT molecular complexity index is 1050. The van der Waals surface area contributed by atoms with E-state index in [4.69, 9.17) is 4.28 Å². The second-order valence-corrected chi connectivity index (χ2v) is 7.21. The molecule has 4 rings (SSSR count). The zero-order chi connectivity index (χ0) is 17.4. The van der Waals surface area contributed by atoms with Gasteiger partial charge < -0.3 is 0 Å². The van der Waals surface area contributed by atoms with Gasteiger partial charge in [-0.25, -0.2) is 0 Å². The molecule has 1 unspecified atom stereocenters. The van der Waals surface area contributed by atoms with Gasteiger partial charge in [0.1, 0.15) is 4.90 Å². The molecule has 1 aliphatic heterocycles. The van der Waals surface area contributed by atoms with Gasteiger partial charge in [-0.15, -0.1) is 4.28 Å². The minimum Gasteiger partial charge on any atom is -0.272 e. The van der Waals surface area contributed by atoms with Gasteiger partial charge >= 0.3 is 10.1 Å². The molecule has 25 heavy (non-hydrogen) atoms.